The van der Waals surface area contributed by atoms with Crippen LogP contribution in [0, 0.1) is 0 Å². The van der Waals surface area contributed by atoms with Crippen molar-refractivity contribution in [3.8, 4) is 5.75 Å². The molecule has 0 saturated carbocycles. The molecule has 1 aliphatic rings. The molecule has 2 N–H and O–H groups in total. The smallest absolute Gasteiger partial charge is 0.291 e. The zero-order valence-electron chi connectivity index (χ0n) is 16.0. The molecular weight excluding hydrogens is 400 g/mol. The Morgan fingerprint density at radius 1 is 1.03 bits per heavy atom. The summed E-state index contributed by atoms with van der Waals surface area (Å²) in [5.74, 6) is 0.0742. The number of carbonyl (C=O) groups is 2. The van der Waals surface area contributed by atoms with E-state index in [1.54, 1.807) is 48.5 Å². The Kier molecular flexibility index (Phi) is 5.82. The van der Waals surface area contributed by atoms with Crippen molar-refractivity contribution in [3.05, 3.63) is 100 Å². The lowest BCUT2D eigenvalue weighted by molar-refractivity contribution is -0.115. The van der Waals surface area contributed by atoms with Gasteiger partial charge >= 0.3 is 0 Å². The van der Waals surface area contributed by atoms with Crippen LogP contribution in [0.5, 0.6) is 5.75 Å². The average molecular weight is 419 g/mol. The molecule has 0 aromatic heterocycles. The van der Waals surface area contributed by atoms with E-state index >= 15 is 0 Å². The lowest BCUT2D eigenvalue weighted by Crippen LogP contribution is -2.27. The summed E-state index contributed by atoms with van der Waals surface area (Å²) >= 11 is 5.89. The number of hydrogen-bond donors (Lipinski definition) is 2. The minimum Gasteiger partial charge on any atom is -0.449 e. The molecule has 30 heavy (non-hydrogen) atoms. The Balaban J connectivity index is 1.43. The molecule has 4 rings (SSSR count). The minimum absolute atomic E-state index is 0.171. The first kappa shape index (κ1) is 19.7. The molecule has 0 radical (unpaired) electrons. The molecule has 5 nitrogen and oxygen atoms in total. The zero-order chi connectivity index (χ0) is 20.9. The summed E-state index contributed by atoms with van der Waals surface area (Å²) < 4.78 is 5.74. The summed E-state index contributed by atoms with van der Waals surface area (Å²) in [5.41, 5.74) is 2.87. The van der Waals surface area contributed by atoms with Crippen molar-refractivity contribution in [2.45, 2.75) is 6.42 Å². The normalized spacial score (nSPS) is 13.9. The summed E-state index contributed by atoms with van der Waals surface area (Å²) in [6.45, 7) is 0.525. The molecule has 0 aliphatic carbocycles. The zero-order valence-corrected chi connectivity index (χ0v) is 16.8. The standard InChI is InChI=1S/C24H19ClN2O3/c25-19-9-6-17(7-10-19)14-22-24(29)27-20-15-18(8-11-21(20)30-22)23(28)26-13-12-16-4-2-1-3-5-16/h1-11,14-15H,12-13H2,(H,26,28)(H,27,29)/b22-14-. The van der Waals surface area contributed by atoms with Crippen molar-refractivity contribution in [1.29, 1.82) is 0 Å². The first-order valence-corrected chi connectivity index (χ1v) is 9.89. The molecule has 0 spiro atoms. The van der Waals surface area contributed by atoms with Crippen LogP contribution in [-0.2, 0) is 11.2 Å². The monoisotopic (exact) mass is 418 g/mol. The number of nitrogens with one attached hydrogen (secondary N) is 2. The van der Waals surface area contributed by atoms with E-state index in [0.29, 0.717) is 28.6 Å². The van der Waals surface area contributed by atoms with Crippen molar-refractivity contribution in [1.82, 2.24) is 5.32 Å². The predicted molar refractivity (Wildman–Crippen MR) is 118 cm³/mol. The number of rotatable bonds is 5. The second-order valence-electron chi connectivity index (χ2n) is 6.82. The second-order valence-corrected chi connectivity index (χ2v) is 7.26. The van der Waals surface area contributed by atoms with Gasteiger partial charge in [-0.3, -0.25) is 9.59 Å². The highest BCUT2D eigenvalue weighted by molar-refractivity contribution is 6.30. The third kappa shape index (κ3) is 4.70. The van der Waals surface area contributed by atoms with Gasteiger partial charge in [-0.1, -0.05) is 54.1 Å². The highest BCUT2D eigenvalue weighted by atomic mass is 35.5. The Morgan fingerprint density at radius 3 is 2.57 bits per heavy atom. The van der Waals surface area contributed by atoms with E-state index in [4.69, 9.17) is 16.3 Å². The fourth-order valence-corrected chi connectivity index (χ4v) is 3.21. The SMILES string of the molecule is O=C1Nc2cc(C(=O)NCCc3ccccc3)ccc2O/C1=C\c1ccc(Cl)cc1. The van der Waals surface area contributed by atoms with E-state index in [1.165, 1.54) is 0 Å². The fourth-order valence-electron chi connectivity index (χ4n) is 3.08. The van der Waals surface area contributed by atoms with Gasteiger partial charge in [-0.25, -0.2) is 0 Å². The first-order chi connectivity index (χ1) is 14.6. The first-order valence-electron chi connectivity index (χ1n) is 9.51. The number of amides is 2. The molecule has 150 valence electrons. The van der Waals surface area contributed by atoms with Gasteiger partial charge in [0.1, 0.15) is 0 Å². The number of ether oxygens (including phenoxy) is 1. The van der Waals surface area contributed by atoms with E-state index in [2.05, 4.69) is 10.6 Å². The highest BCUT2D eigenvalue weighted by Crippen LogP contribution is 2.32. The van der Waals surface area contributed by atoms with Crippen molar-refractivity contribution in [2.24, 2.45) is 0 Å². The van der Waals surface area contributed by atoms with E-state index in [1.807, 2.05) is 30.3 Å². The van der Waals surface area contributed by atoms with Crippen LogP contribution in [-0.4, -0.2) is 18.4 Å². The molecule has 6 heteroatoms. The van der Waals surface area contributed by atoms with Crippen LogP contribution in [0.25, 0.3) is 6.08 Å². The van der Waals surface area contributed by atoms with Crippen LogP contribution in [0.4, 0.5) is 5.69 Å². The Morgan fingerprint density at radius 2 is 1.80 bits per heavy atom. The maximum atomic E-state index is 12.4. The maximum Gasteiger partial charge on any atom is 0.291 e. The molecular formula is C24H19ClN2O3. The van der Waals surface area contributed by atoms with Crippen molar-refractivity contribution >= 4 is 35.2 Å². The van der Waals surface area contributed by atoms with E-state index < -0.39 is 0 Å². The van der Waals surface area contributed by atoms with E-state index in [9.17, 15) is 9.59 Å². The van der Waals surface area contributed by atoms with Gasteiger partial charge in [0.05, 0.1) is 5.69 Å². The maximum absolute atomic E-state index is 12.4. The van der Waals surface area contributed by atoms with Gasteiger partial charge < -0.3 is 15.4 Å². The number of halogens is 1. The molecule has 1 aliphatic heterocycles. The molecule has 0 atom stereocenters. The van der Waals surface area contributed by atoms with Crippen LogP contribution in [0.15, 0.2) is 78.6 Å². The number of carbonyl (C=O) groups excluding carboxylic acids is 2. The summed E-state index contributed by atoms with van der Waals surface area (Å²) in [4.78, 5) is 24.9. The Bertz CT molecular complexity index is 1110. The van der Waals surface area contributed by atoms with Gasteiger partial charge in [-0.05, 0) is 54.0 Å². The fraction of sp³-hybridized carbons (Fsp3) is 0.0833. The minimum atomic E-state index is -0.376. The summed E-state index contributed by atoms with van der Waals surface area (Å²) in [5, 5.41) is 6.29. The lowest BCUT2D eigenvalue weighted by atomic mass is 10.1. The third-order valence-corrected chi connectivity index (χ3v) is 4.90. The lowest BCUT2D eigenvalue weighted by Gasteiger charge is -2.20. The van der Waals surface area contributed by atoms with Crippen LogP contribution in [0.1, 0.15) is 21.5 Å². The topological polar surface area (TPSA) is 67.4 Å². The molecule has 0 fully saturated rings. The average Bonchev–Trinajstić information content (AvgIpc) is 2.76. The van der Waals surface area contributed by atoms with Gasteiger partial charge in [0.2, 0.25) is 0 Å². The largest absolute Gasteiger partial charge is 0.449 e. The highest BCUT2D eigenvalue weighted by Gasteiger charge is 2.23. The number of benzene rings is 3. The number of anilines is 1. The number of fused-ring (bicyclic) bond motifs is 1. The molecule has 2 amide bonds. The summed E-state index contributed by atoms with van der Waals surface area (Å²) in [6, 6.07) is 22.0. The van der Waals surface area contributed by atoms with Crippen molar-refractivity contribution in [2.75, 3.05) is 11.9 Å². The quantitative estimate of drug-likeness (QED) is 0.591. The van der Waals surface area contributed by atoms with Gasteiger partial charge in [0, 0.05) is 17.1 Å². The molecule has 3 aromatic carbocycles. The van der Waals surface area contributed by atoms with Crippen molar-refractivity contribution < 1.29 is 14.3 Å². The molecule has 0 saturated heterocycles. The Hall–Kier alpha value is -3.57. The molecule has 1 heterocycles. The van der Waals surface area contributed by atoms with Gasteiger partial charge in [-0.2, -0.15) is 0 Å². The predicted octanol–water partition coefficient (Wildman–Crippen LogP) is 4.68. The van der Waals surface area contributed by atoms with E-state index in [0.717, 1.165) is 17.5 Å². The second kappa shape index (κ2) is 8.84. The molecule has 0 bridgehead atoms. The van der Waals surface area contributed by atoms with Crippen LogP contribution in [0.3, 0.4) is 0 Å². The van der Waals surface area contributed by atoms with Crippen LogP contribution >= 0.6 is 11.6 Å². The summed E-state index contributed by atoms with van der Waals surface area (Å²) in [6.07, 6.45) is 2.38. The van der Waals surface area contributed by atoms with Gasteiger partial charge in [0.15, 0.2) is 11.5 Å². The molecule has 3 aromatic rings. The molecule has 0 unspecified atom stereocenters. The summed E-state index contributed by atoms with van der Waals surface area (Å²) in [7, 11) is 0. The third-order valence-electron chi connectivity index (χ3n) is 4.64. The van der Waals surface area contributed by atoms with Crippen molar-refractivity contribution in [3.63, 3.8) is 0 Å². The number of hydrogen-bond acceptors (Lipinski definition) is 3. The Labute approximate surface area is 179 Å². The van der Waals surface area contributed by atoms with Gasteiger partial charge in [-0.15, -0.1) is 0 Å². The van der Waals surface area contributed by atoms with Crippen LogP contribution < -0.4 is 15.4 Å². The van der Waals surface area contributed by atoms with E-state index in [-0.39, 0.29) is 17.6 Å². The van der Waals surface area contributed by atoms with Crippen LogP contribution in [0.2, 0.25) is 5.02 Å². The van der Waals surface area contributed by atoms with Gasteiger partial charge in [0.25, 0.3) is 11.8 Å².